The summed E-state index contributed by atoms with van der Waals surface area (Å²) in [6, 6.07) is 9.79. The largest absolute Gasteiger partial charge is 0.370 e. The summed E-state index contributed by atoms with van der Waals surface area (Å²) in [7, 11) is 0. The molecule has 1 unspecified atom stereocenters. The van der Waals surface area contributed by atoms with E-state index < -0.39 is 0 Å². The molecule has 2 nitrogen and oxygen atoms in total. The summed E-state index contributed by atoms with van der Waals surface area (Å²) < 4.78 is 1.16. The average molecular weight is 297 g/mol. The van der Waals surface area contributed by atoms with Crippen LogP contribution in [-0.2, 0) is 0 Å². The number of benzene rings is 1. The van der Waals surface area contributed by atoms with Crippen LogP contribution in [-0.4, -0.2) is 25.2 Å². The number of halogens is 1. The Labute approximate surface area is 113 Å². The van der Waals surface area contributed by atoms with Crippen molar-refractivity contribution in [3.8, 4) is 0 Å². The molecule has 1 aliphatic heterocycles. The van der Waals surface area contributed by atoms with Crippen LogP contribution in [0.25, 0.3) is 0 Å². The van der Waals surface area contributed by atoms with E-state index in [0.29, 0.717) is 12.1 Å². The van der Waals surface area contributed by atoms with Crippen LogP contribution in [0.4, 0.5) is 5.69 Å². The first-order valence-corrected chi connectivity index (χ1v) is 7.21. The Kier molecular flexibility index (Phi) is 4.46. The predicted molar refractivity (Wildman–Crippen MR) is 77.6 cm³/mol. The molecule has 0 bridgehead atoms. The first-order valence-electron chi connectivity index (χ1n) is 6.41. The van der Waals surface area contributed by atoms with Crippen molar-refractivity contribution < 1.29 is 0 Å². The zero-order chi connectivity index (χ0) is 12.3. The van der Waals surface area contributed by atoms with E-state index in [-0.39, 0.29) is 0 Å². The standard InChI is InChI=1S/C14H21BrN2/c1-11(2)16-13-6-4-8-17(10-13)14-7-3-5-12(15)9-14/h3,5,7,9,11,13,16H,4,6,8,10H2,1-2H3. The van der Waals surface area contributed by atoms with Gasteiger partial charge >= 0.3 is 0 Å². The Bertz CT molecular complexity index is 365. The third-order valence-electron chi connectivity index (χ3n) is 3.16. The molecule has 94 valence electrons. The first-order chi connectivity index (χ1) is 8.15. The van der Waals surface area contributed by atoms with Gasteiger partial charge in [-0.3, -0.25) is 0 Å². The van der Waals surface area contributed by atoms with E-state index in [1.165, 1.54) is 25.1 Å². The first kappa shape index (κ1) is 12.9. The lowest BCUT2D eigenvalue weighted by Crippen LogP contribution is -2.47. The minimum Gasteiger partial charge on any atom is -0.370 e. The lowest BCUT2D eigenvalue weighted by atomic mass is 10.0. The van der Waals surface area contributed by atoms with Gasteiger partial charge in [-0.2, -0.15) is 0 Å². The van der Waals surface area contributed by atoms with Crippen molar-refractivity contribution in [2.24, 2.45) is 0 Å². The Morgan fingerprint density at radius 1 is 1.41 bits per heavy atom. The molecule has 1 saturated heterocycles. The molecule has 1 aromatic carbocycles. The molecule has 1 aliphatic rings. The Hall–Kier alpha value is -0.540. The Morgan fingerprint density at radius 2 is 2.24 bits per heavy atom. The average Bonchev–Trinajstić information content (AvgIpc) is 2.28. The van der Waals surface area contributed by atoms with Gasteiger partial charge in [-0.05, 0) is 31.0 Å². The topological polar surface area (TPSA) is 15.3 Å². The van der Waals surface area contributed by atoms with Gasteiger partial charge in [0.1, 0.15) is 0 Å². The van der Waals surface area contributed by atoms with Crippen molar-refractivity contribution in [1.29, 1.82) is 0 Å². The maximum atomic E-state index is 3.64. The SMILES string of the molecule is CC(C)NC1CCCN(c2cccc(Br)c2)C1. The molecule has 17 heavy (non-hydrogen) atoms. The molecule has 0 saturated carbocycles. The van der Waals surface area contributed by atoms with Crippen LogP contribution in [0.5, 0.6) is 0 Å². The minimum absolute atomic E-state index is 0.572. The summed E-state index contributed by atoms with van der Waals surface area (Å²) in [4.78, 5) is 2.48. The minimum atomic E-state index is 0.572. The number of piperidine rings is 1. The van der Waals surface area contributed by atoms with E-state index >= 15 is 0 Å². The molecule has 2 rings (SSSR count). The van der Waals surface area contributed by atoms with Crippen molar-refractivity contribution in [3.63, 3.8) is 0 Å². The summed E-state index contributed by atoms with van der Waals surface area (Å²) in [6.07, 6.45) is 2.57. The van der Waals surface area contributed by atoms with Gasteiger partial charge in [0.25, 0.3) is 0 Å². The zero-order valence-electron chi connectivity index (χ0n) is 10.6. The van der Waals surface area contributed by atoms with Crippen LogP contribution in [0.3, 0.4) is 0 Å². The van der Waals surface area contributed by atoms with Crippen LogP contribution < -0.4 is 10.2 Å². The molecule has 1 atom stereocenters. The summed E-state index contributed by atoms with van der Waals surface area (Å²) in [5.74, 6) is 0. The monoisotopic (exact) mass is 296 g/mol. The Balaban J connectivity index is 2.02. The molecule has 0 radical (unpaired) electrons. The van der Waals surface area contributed by atoms with Gasteiger partial charge in [0.05, 0.1) is 0 Å². The van der Waals surface area contributed by atoms with Crippen LogP contribution in [0.1, 0.15) is 26.7 Å². The van der Waals surface area contributed by atoms with Crippen molar-refractivity contribution in [3.05, 3.63) is 28.7 Å². The number of hydrogen-bond acceptors (Lipinski definition) is 2. The van der Waals surface area contributed by atoms with E-state index in [4.69, 9.17) is 0 Å². The molecule has 3 heteroatoms. The molecule has 0 aliphatic carbocycles. The number of nitrogens with one attached hydrogen (secondary N) is 1. The van der Waals surface area contributed by atoms with E-state index in [1.807, 2.05) is 0 Å². The molecular formula is C14H21BrN2. The van der Waals surface area contributed by atoms with Crippen LogP contribution in [0.15, 0.2) is 28.7 Å². The van der Waals surface area contributed by atoms with Crippen molar-refractivity contribution in [1.82, 2.24) is 5.32 Å². The highest BCUT2D eigenvalue weighted by Crippen LogP contribution is 2.23. The molecule has 0 spiro atoms. The number of anilines is 1. The maximum absolute atomic E-state index is 3.64. The van der Waals surface area contributed by atoms with E-state index in [9.17, 15) is 0 Å². The lowest BCUT2D eigenvalue weighted by Gasteiger charge is -2.35. The van der Waals surface area contributed by atoms with Gasteiger partial charge in [-0.1, -0.05) is 35.8 Å². The number of rotatable bonds is 3. The van der Waals surface area contributed by atoms with Crippen LogP contribution in [0.2, 0.25) is 0 Å². The second-order valence-electron chi connectivity index (χ2n) is 5.09. The van der Waals surface area contributed by atoms with E-state index in [1.54, 1.807) is 0 Å². The van der Waals surface area contributed by atoms with Gasteiger partial charge in [0.2, 0.25) is 0 Å². The molecule has 0 aromatic heterocycles. The van der Waals surface area contributed by atoms with E-state index in [0.717, 1.165) is 11.0 Å². The molecular weight excluding hydrogens is 276 g/mol. The third-order valence-corrected chi connectivity index (χ3v) is 3.66. The third kappa shape index (κ3) is 3.71. The highest BCUT2D eigenvalue weighted by molar-refractivity contribution is 9.10. The second kappa shape index (κ2) is 5.87. The van der Waals surface area contributed by atoms with Gasteiger partial charge in [0.15, 0.2) is 0 Å². The maximum Gasteiger partial charge on any atom is 0.0378 e. The van der Waals surface area contributed by atoms with Crippen molar-refractivity contribution in [2.45, 2.75) is 38.8 Å². The van der Waals surface area contributed by atoms with E-state index in [2.05, 4.69) is 64.3 Å². The van der Waals surface area contributed by atoms with Crippen LogP contribution >= 0.6 is 15.9 Å². The Morgan fingerprint density at radius 3 is 2.94 bits per heavy atom. The smallest absolute Gasteiger partial charge is 0.0378 e. The summed E-state index contributed by atoms with van der Waals surface area (Å²) in [5, 5.41) is 3.64. The zero-order valence-corrected chi connectivity index (χ0v) is 12.2. The fourth-order valence-corrected chi connectivity index (χ4v) is 2.88. The van der Waals surface area contributed by atoms with Gasteiger partial charge in [-0.25, -0.2) is 0 Å². The lowest BCUT2D eigenvalue weighted by molar-refractivity contribution is 0.395. The molecule has 0 amide bonds. The quantitative estimate of drug-likeness (QED) is 0.919. The van der Waals surface area contributed by atoms with Gasteiger partial charge < -0.3 is 10.2 Å². The van der Waals surface area contributed by atoms with Crippen molar-refractivity contribution in [2.75, 3.05) is 18.0 Å². The normalized spacial score (nSPS) is 20.9. The molecule has 1 N–H and O–H groups in total. The van der Waals surface area contributed by atoms with Gasteiger partial charge in [0, 0.05) is 35.3 Å². The highest BCUT2D eigenvalue weighted by Gasteiger charge is 2.20. The van der Waals surface area contributed by atoms with Crippen molar-refractivity contribution >= 4 is 21.6 Å². The summed E-state index contributed by atoms with van der Waals surface area (Å²) >= 11 is 3.54. The van der Waals surface area contributed by atoms with Crippen LogP contribution in [0, 0.1) is 0 Å². The molecule has 1 aromatic rings. The fourth-order valence-electron chi connectivity index (χ4n) is 2.49. The number of hydrogen-bond donors (Lipinski definition) is 1. The fraction of sp³-hybridized carbons (Fsp3) is 0.571. The predicted octanol–water partition coefficient (Wildman–Crippen LogP) is 3.42. The highest BCUT2D eigenvalue weighted by atomic mass is 79.9. The van der Waals surface area contributed by atoms with Gasteiger partial charge in [-0.15, -0.1) is 0 Å². The summed E-state index contributed by atoms with van der Waals surface area (Å²) in [6.45, 7) is 6.73. The summed E-state index contributed by atoms with van der Waals surface area (Å²) in [5.41, 5.74) is 1.33. The molecule has 1 fully saturated rings. The second-order valence-corrected chi connectivity index (χ2v) is 6.00. The number of nitrogens with zero attached hydrogens (tertiary/aromatic N) is 1. The molecule has 1 heterocycles.